The van der Waals surface area contributed by atoms with Gasteiger partial charge in [0.25, 0.3) is 5.91 Å². The van der Waals surface area contributed by atoms with Gasteiger partial charge in [-0.05, 0) is 12.8 Å². The highest BCUT2D eigenvalue weighted by Crippen LogP contribution is 2.27. The van der Waals surface area contributed by atoms with Gasteiger partial charge in [-0.1, -0.05) is 6.92 Å². The van der Waals surface area contributed by atoms with Gasteiger partial charge in [-0.2, -0.15) is 0 Å². The lowest BCUT2D eigenvalue weighted by molar-refractivity contribution is 0.0702. The Morgan fingerprint density at radius 3 is 2.85 bits per heavy atom. The maximum atomic E-state index is 12.9. The van der Waals surface area contributed by atoms with Crippen LogP contribution in [-0.2, 0) is 13.0 Å². The molecule has 7 nitrogen and oxygen atoms in total. The van der Waals surface area contributed by atoms with Crippen LogP contribution in [0.3, 0.4) is 0 Å². The molecule has 1 aliphatic heterocycles. The fourth-order valence-corrected chi connectivity index (χ4v) is 4.06. The Kier molecular flexibility index (Phi) is 5.24. The number of rotatable bonds is 5. The second kappa shape index (κ2) is 7.96. The normalized spacial score (nSPS) is 17.2. The largest absolute Gasteiger partial charge is 0.338 e. The number of carbonyl (C=O) groups is 1. The van der Waals surface area contributed by atoms with Gasteiger partial charge in [-0.25, -0.2) is 19.9 Å². The van der Waals surface area contributed by atoms with Crippen molar-refractivity contribution in [3.63, 3.8) is 0 Å². The summed E-state index contributed by atoms with van der Waals surface area (Å²) in [4.78, 5) is 32.2. The van der Waals surface area contributed by atoms with Gasteiger partial charge in [0.1, 0.15) is 11.6 Å². The van der Waals surface area contributed by atoms with Crippen molar-refractivity contribution in [1.29, 1.82) is 0 Å². The maximum Gasteiger partial charge on any atom is 0.257 e. The van der Waals surface area contributed by atoms with Crippen molar-refractivity contribution in [3.8, 4) is 0 Å². The molecule has 0 aromatic carbocycles. The van der Waals surface area contributed by atoms with Gasteiger partial charge < -0.3 is 9.47 Å². The third-order valence-electron chi connectivity index (χ3n) is 4.91. The predicted molar refractivity (Wildman–Crippen MR) is 103 cm³/mol. The number of hydrogen-bond donors (Lipinski definition) is 0. The molecule has 0 aliphatic carbocycles. The highest BCUT2D eigenvalue weighted by Gasteiger charge is 2.28. The van der Waals surface area contributed by atoms with Crippen LogP contribution in [0.2, 0.25) is 0 Å². The third kappa shape index (κ3) is 3.90. The molecule has 1 saturated heterocycles. The molecule has 0 radical (unpaired) electrons. The minimum Gasteiger partial charge on any atom is -0.338 e. The van der Waals surface area contributed by atoms with Crippen LogP contribution in [0.15, 0.2) is 35.7 Å². The maximum absolute atomic E-state index is 12.9. The average molecular weight is 382 g/mol. The van der Waals surface area contributed by atoms with Crippen LogP contribution in [0.5, 0.6) is 0 Å². The SMILES string of the molecule is CCc1ncc(C(=O)N2CCC[C@@H](c3nccn3Cc3cscn3)C2)cn1. The van der Waals surface area contributed by atoms with Gasteiger partial charge in [0.15, 0.2) is 0 Å². The molecule has 0 spiro atoms. The standard InChI is InChI=1S/C19H22N6OS/c1-2-17-21-8-15(9-22-17)19(26)25-6-3-4-14(10-25)18-20-5-7-24(18)11-16-12-27-13-23-16/h5,7-9,12-14H,2-4,6,10-11H2,1H3/t14-/m1/s1. The minimum absolute atomic E-state index is 0.0000366. The number of amides is 1. The number of aryl methyl sites for hydroxylation is 1. The van der Waals surface area contributed by atoms with E-state index in [1.165, 1.54) is 0 Å². The molecular formula is C19H22N6OS. The third-order valence-corrected chi connectivity index (χ3v) is 5.54. The molecule has 0 N–H and O–H groups in total. The number of imidazole rings is 1. The average Bonchev–Trinajstić information content (AvgIpc) is 3.40. The van der Waals surface area contributed by atoms with E-state index >= 15 is 0 Å². The van der Waals surface area contributed by atoms with E-state index in [0.717, 1.165) is 49.7 Å². The smallest absolute Gasteiger partial charge is 0.257 e. The molecule has 3 aromatic rings. The highest BCUT2D eigenvalue weighted by atomic mass is 32.1. The monoisotopic (exact) mass is 382 g/mol. The van der Waals surface area contributed by atoms with E-state index in [0.29, 0.717) is 12.1 Å². The molecule has 140 valence electrons. The topological polar surface area (TPSA) is 76.8 Å². The summed E-state index contributed by atoms with van der Waals surface area (Å²) in [7, 11) is 0. The Morgan fingerprint density at radius 2 is 2.11 bits per heavy atom. The number of hydrogen-bond acceptors (Lipinski definition) is 6. The molecule has 0 unspecified atom stereocenters. The van der Waals surface area contributed by atoms with Crippen LogP contribution in [-0.4, -0.2) is 48.4 Å². The Hall–Kier alpha value is -2.61. The van der Waals surface area contributed by atoms with Crippen molar-refractivity contribution in [2.24, 2.45) is 0 Å². The van der Waals surface area contributed by atoms with Crippen LogP contribution in [0.1, 0.15) is 53.4 Å². The van der Waals surface area contributed by atoms with Crippen LogP contribution in [0.4, 0.5) is 0 Å². The summed E-state index contributed by atoms with van der Waals surface area (Å²) in [6.45, 7) is 4.15. The van der Waals surface area contributed by atoms with E-state index in [2.05, 4.69) is 29.9 Å². The summed E-state index contributed by atoms with van der Waals surface area (Å²) < 4.78 is 2.15. The second-order valence-electron chi connectivity index (χ2n) is 6.72. The van der Waals surface area contributed by atoms with Gasteiger partial charge in [0.2, 0.25) is 0 Å². The first-order valence-electron chi connectivity index (χ1n) is 9.23. The number of aromatic nitrogens is 5. The summed E-state index contributed by atoms with van der Waals surface area (Å²) in [5.41, 5.74) is 3.44. The molecule has 4 rings (SSSR count). The summed E-state index contributed by atoms with van der Waals surface area (Å²) in [5.74, 6) is 2.01. The Balaban J connectivity index is 1.48. The molecule has 0 saturated carbocycles. The van der Waals surface area contributed by atoms with Gasteiger partial charge >= 0.3 is 0 Å². The highest BCUT2D eigenvalue weighted by molar-refractivity contribution is 7.07. The molecule has 27 heavy (non-hydrogen) atoms. The van der Waals surface area contributed by atoms with E-state index in [9.17, 15) is 4.79 Å². The zero-order valence-electron chi connectivity index (χ0n) is 15.3. The molecule has 1 atom stereocenters. The molecule has 0 bridgehead atoms. The van der Waals surface area contributed by atoms with Crippen LogP contribution in [0.25, 0.3) is 0 Å². The van der Waals surface area contributed by atoms with Gasteiger partial charge in [-0.3, -0.25) is 4.79 Å². The summed E-state index contributed by atoms with van der Waals surface area (Å²) in [6, 6.07) is 0. The first-order chi connectivity index (χ1) is 13.2. The molecule has 1 amide bonds. The van der Waals surface area contributed by atoms with Crippen molar-refractivity contribution >= 4 is 17.2 Å². The Morgan fingerprint density at radius 1 is 1.26 bits per heavy atom. The predicted octanol–water partition coefficient (Wildman–Crippen LogP) is 2.76. The van der Waals surface area contributed by atoms with Crippen molar-refractivity contribution in [2.45, 2.75) is 38.6 Å². The van der Waals surface area contributed by atoms with E-state index in [1.807, 2.05) is 29.7 Å². The molecule has 1 aliphatic rings. The van der Waals surface area contributed by atoms with E-state index in [1.54, 1.807) is 23.7 Å². The number of nitrogens with zero attached hydrogens (tertiary/aromatic N) is 6. The van der Waals surface area contributed by atoms with Crippen molar-refractivity contribution < 1.29 is 4.79 Å². The molecule has 4 heterocycles. The van der Waals surface area contributed by atoms with Gasteiger partial charge in [0.05, 0.1) is 23.3 Å². The summed E-state index contributed by atoms with van der Waals surface area (Å²) >= 11 is 1.60. The van der Waals surface area contributed by atoms with E-state index < -0.39 is 0 Å². The van der Waals surface area contributed by atoms with E-state index in [4.69, 9.17) is 0 Å². The number of piperidine rings is 1. The minimum atomic E-state index is -0.0000366. The number of thiazole rings is 1. The van der Waals surface area contributed by atoms with Crippen molar-refractivity contribution in [1.82, 2.24) is 29.4 Å². The van der Waals surface area contributed by atoms with Crippen LogP contribution in [0, 0.1) is 0 Å². The number of carbonyl (C=O) groups excluding carboxylic acids is 1. The molecule has 8 heteroatoms. The molecular weight excluding hydrogens is 360 g/mol. The lowest BCUT2D eigenvalue weighted by Gasteiger charge is -2.32. The summed E-state index contributed by atoms with van der Waals surface area (Å²) in [5, 5.41) is 2.06. The number of likely N-dealkylation sites (tertiary alicyclic amines) is 1. The Labute approximate surface area is 162 Å². The van der Waals surface area contributed by atoms with Gasteiger partial charge in [-0.15, -0.1) is 11.3 Å². The Bertz CT molecular complexity index is 889. The fourth-order valence-electron chi connectivity index (χ4n) is 3.51. The molecule has 1 fully saturated rings. The van der Waals surface area contributed by atoms with Crippen molar-refractivity contribution in [2.75, 3.05) is 13.1 Å². The van der Waals surface area contributed by atoms with Gasteiger partial charge in [0, 0.05) is 55.6 Å². The first-order valence-corrected chi connectivity index (χ1v) is 10.2. The molecule has 3 aromatic heterocycles. The van der Waals surface area contributed by atoms with E-state index in [-0.39, 0.29) is 11.8 Å². The first kappa shape index (κ1) is 17.8. The lowest BCUT2D eigenvalue weighted by Crippen LogP contribution is -2.40. The fraction of sp³-hybridized carbons (Fsp3) is 0.421. The quantitative estimate of drug-likeness (QED) is 0.678. The second-order valence-corrected chi connectivity index (χ2v) is 7.44. The van der Waals surface area contributed by atoms with Crippen molar-refractivity contribution in [3.05, 3.63) is 58.6 Å². The zero-order chi connectivity index (χ0) is 18.6. The van der Waals surface area contributed by atoms with Crippen LogP contribution < -0.4 is 0 Å². The zero-order valence-corrected chi connectivity index (χ0v) is 16.1. The summed E-state index contributed by atoms with van der Waals surface area (Å²) in [6.07, 6.45) is 9.87. The van der Waals surface area contributed by atoms with Crippen LogP contribution >= 0.6 is 11.3 Å². The lowest BCUT2D eigenvalue weighted by atomic mass is 9.96.